The van der Waals surface area contributed by atoms with Gasteiger partial charge in [0.25, 0.3) is 5.91 Å². The number of nitrogens with one attached hydrogen (secondary N) is 1. The van der Waals surface area contributed by atoms with Gasteiger partial charge in [-0.15, -0.1) is 12.4 Å². The lowest BCUT2D eigenvalue weighted by molar-refractivity contribution is 0.0723. The third-order valence-electron chi connectivity index (χ3n) is 4.93. The van der Waals surface area contributed by atoms with Crippen LogP contribution in [0, 0.1) is 6.92 Å². The summed E-state index contributed by atoms with van der Waals surface area (Å²) < 4.78 is 0. The van der Waals surface area contributed by atoms with Crippen LogP contribution in [0.15, 0.2) is 18.2 Å². The van der Waals surface area contributed by atoms with Crippen LogP contribution in [0.5, 0.6) is 0 Å². The van der Waals surface area contributed by atoms with E-state index in [-0.39, 0.29) is 18.3 Å². The Bertz CT molecular complexity index is 506. The van der Waals surface area contributed by atoms with Crippen molar-refractivity contribution in [2.75, 3.05) is 26.2 Å². The highest BCUT2D eigenvalue weighted by Gasteiger charge is 2.21. The largest absolute Gasteiger partial charge is 0.339 e. The van der Waals surface area contributed by atoms with E-state index in [9.17, 15) is 4.79 Å². The number of hydrogen-bond acceptors (Lipinski definition) is 2. The molecule has 0 aromatic heterocycles. The van der Waals surface area contributed by atoms with Crippen LogP contribution in [0.25, 0.3) is 0 Å². The van der Waals surface area contributed by atoms with Gasteiger partial charge in [-0.05, 0) is 75.2 Å². The summed E-state index contributed by atoms with van der Waals surface area (Å²) >= 11 is 0. The molecule has 122 valence electrons. The van der Waals surface area contributed by atoms with Gasteiger partial charge in [0.1, 0.15) is 0 Å². The quantitative estimate of drug-likeness (QED) is 0.903. The average Bonchev–Trinajstić information content (AvgIpc) is 2.56. The summed E-state index contributed by atoms with van der Waals surface area (Å²) in [5, 5.41) is 3.41. The molecule has 1 aromatic rings. The molecule has 0 spiro atoms. The Morgan fingerprint density at radius 3 is 2.45 bits per heavy atom. The molecule has 4 heteroatoms. The first-order valence-corrected chi connectivity index (χ1v) is 8.36. The topological polar surface area (TPSA) is 32.3 Å². The highest BCUT2D eigenvalue weighted by Crippen LogP contribution is 2.27. The van der Waals surface area contributed by atoms with Crippen molar-refractivity contribution in [1.29, 1.82) is 0 Å². The van der Waals surface area contributed by atoms with E-state index in [1.54, 1.807) is 0 Å². The molecular formula is C18H27ClN2O. The van der Waals surface area contributed by atoms with Gasteiger partial charge in [-0.2, -0.15) is 0 Å². The average molecular weight is 323 g/mol. The van der Waals surface area contributed by atoms with Crippen LogP contribution in [-0.4, -0.2) is 37.0 Å². The molecule has 0 radical (unpaired) electrons. The van der Waals surface area contributed by atoms with E-state index >= 15 is 0 Å². The van der Waals surface area contributed by atoms with E-state index in [4.69, 9.17) is 0 Å². The van der Waals surface area contributed by atoms with E-state index in [2.05, 4.69) is 30.4 Å². The molecule has 2 heterocycles. The van der Waals surface area contributed by atoms with Gasteiger partial charge in [-0.1, -0.05) is 12.1 Å². The molecule has 2 saturated heterocycles. The summed E-state index contributed by atoms with van der Waals surface area (Å²) in [7, 11) is 0. The van der Waals surface area contributed by atoms with Crippen molar-refractivity contribution in [3.63, 3.8) is 0 Å². The summed E-state index contributed by atoms with van der Waals surface area (Å²) in [4.78, 5) is 14.6. The number of aryl methyl sites for hydroxylation is 1. The Morgan fingerprint density at radius 2 is 1.82 bits per heavy atom. The Kier molecular flexibility index (Phi) is 6.27. The molecule has 0 saturated carbocycles. The number of nitrogens with zero attached hydrogens (tertiary/aromatic N) is 1. The monoisotopic (exact) mass is 322 g/mol. The third-order valence-corrected chi connectivity index (χ3v) is 4.93. The number of benzene rings is 1. The minimum Gasteiger partial charge on any atom is -0.339 e. The van der Waals surface area contributed by atoms with Crippen LogP contribution < -0.4 is 5.32 Å². The summed E-state index contributed by atoms with van der Waals surface area (Å²) in [6.07, 6.45) is 5.98. The predicted octanol–water partition coefficient (Wildman–Crippen LogP) is 3.51. The zero-order valence-corrected chi connectivity index (χ0v) is 14.3. The number of hydrogen-bond donors (Lipinski definition) is 1. The smallest absolute Gasteiger partial charge is 0.254 e. The summed E-state index contributed by atoms with van der Waals surface area (Å²) in [5.41, 5.74) is 3.44. The van der Waals surface area contributed by atoms with Crippen LogP contribution in [0.4, 0.5) is 0 Å². The molecule has 3 nitrogen and oxygen atoms in total. The summed E-state index contributed by atoms with van der Waals surface area (Å²) in [5.74, 6) is 0.883. The number of halogens is 1. The molecule has 0 bridgehead atoms. The lowest BCUT2D eigenvalue weighted by Gasteiger charge is -2.28. The van der Waals surface area contributed by atoms with E-state index in [1.165, 1.54) is 24.8 Å². The number of carbonyl (C=O) groups is 1. The van der Waals surface area contributed by atoms with Gasteiger partial charge in [0, 0.05) is 18.7 Å². The zero-order valence-electron chi connectivity index (χ0n) is 13.4. The second-order valence-corrected chi connectivity index (χ2v) is 6.45. The van der Waals surface area contributed by atoms with Crippen molar-refractivity contribution in [1.82, 2.24) is 10.2 Å². The van der Waals surface area contributed by atoms with Crippen LogP contribution >= 0.6 is 12.4 Å². The second kappa shape index (κ2) is 7.98. The normalized spacial score (nSPS) is 19.6. The lowest BCUT2D eigenvalue weighted by Crippen LogP contribution is -2.36. The fourth-order valence-electron chi connectivity index (χ4n) is 3.60. The minimum atomic E-state index is 0. The Balaban J connectivity index is 0.00000176. The van der Waals surface area contributed by atoms with Gasteiger partial charge in [-0.3, -0.25) is 4.79 Å². The van der Waals surface area contributed by atoms with Gasteiger partial charge in [0.05, 0.1) is 0 Å². The van der Waals surface area contributed by atoms with Crippen LogP contribution in [-0.2, 0) is 0 Å². The molecule has 2 fully saturated rings. The fraction of sp³-hybridized carbons (Fsp3) is 0.611. The predicted molar refractivity (Wildman–Crippen MR) is 93.0 cm³/mol. The molecule has 1 N–H and O–H groups in total. The summed E-state index contributed by atoms with van der Waals surface area (Å²) in [6.45, 7) is 6.15. The Hall–Kier alpha value is -1.06. The van der Waals surface area contributed by atoms with Gasteiger partial charge < -0.3 is 10.2 Å². The maximum atomic E-state index is 12.6. The van der Waals surface area contributed by atoms with E-state index in [0.29, 0.717) is 5.92 Å². The van der Waals surface area contributed by atoms with Crippen molar-refractivity contribution in [3.8, 4) is 0 Å². The molecular weight excluding hydrogens is 296 g/mol. The number of amides is 1. The van der Waals surface area contributed by atoms with E-state index in [0.717, 1.165) is 50.1 Å². The van der Waals surface area contributed by atoms with Crippen molar-refractivity contribution in [2.24, 2.45) is 0 Å². The lowest BCUT2D eigenvalue weighted by atomic mass is 9.88. The van der Waals surface area contributed by atoms with E-state index < -0.39 is 0 Å². The molecule has 1 amide bonds. The van der Waals surface area contributed by atoms with Crippen LogP contribution in [0.1, 0.15) is 59.5 Å². The van der Waals surface area contributed by atoms with Gasteiger partial charge in [0.2, 0.25) is 0 Å². The zero-order chi connectivity index (χ0) is 14.7. The maximum absolute atomic E-state index is 12.6. The molecule has 0 aliphatic carbocycles. The molecule has 22 heavy (non-hydrogen) atoms. The van der Waals surface area contributed by atoms with Crippen LogP contribution in [0.2, 0.25) is 0 Å². The van der Waals surface area contributed by atoms with Crippen LogP contribution in [0.3, 0.4) is 0 Å². The molecule has 0 atom stereocenters. The van der Waals surface area contributed by atoms with Crippen molar-refractivity contribution in [2.45, 2.75) is 44.9 Å². The molecule has 0 unspecified atom stereocenters. The molecule has 2 aliphatic heterocycles. The molecule has 1 aromatic carbocycles. The highest BCUT2D eigenvalue weighted by atomic mass is 35.5. The SMILES string of the molecule is Cc1cc(C2CCNCC2)ccc1C(=O)N1CCCCC1.Cl. The molecule has 2 aliphatic rings. The standard InChI is InChI=1S/C18H26N2O.ClH/c1-14-13-16(15-7-9-19-10-8-15)5-6-17(14)18(21)20-11-3-2-4-12-20;/h5-6,13,15,19H,2-4,7-12H2,1H3;1H. The second-order valence-electron chi connectivity index (χ2n) is 6.45. The molecule has 3 rings (SSSR count). The highest BCUT2D eigenvalue weighted by molar-refractivity contribution is 5.95. The first-order chi connectivity index (χ1) is 10.3. The first-order valence-electron chi connectivity index (χ1n) is 8.36. The van der Waals surface area contributed by atoms with Crippen molar-refractivity contribution in [3.05, 3.63) is 34.9 Å². The van der Waals surface area contributed by atoms with Gasteiger partial charge >= 0.3 is 0 Å². The Labute approximate surface area is 139 Å². The van der Waals surface area contributed by atoms with E-state index in [1.807, 2.05) is 4.90 Å². The van der Waals surface area contributed by atoms with Gasteiger partial charge in [0.15, 0.2) is 0 Å². The number of piperidine rings is 2. The maximum Gasteiger partial charge on any atom is 0.254 e. The fourth-order valence-corrected chi connectivity index (χ4v) is 3.60. The number of likely N-dealkylation sites (tertiary alicyclic amines) is 1. The third kappa shape index (κ3) is 3.82. The number of rotatable bonds is 2. The minimum absolute atomic E-state index is 0. The Morgan fingerprint density at radius 1 is 1.14 bits per heavy atom. The summed E-state index contributed by atoms with van der Waals surface area (Å²) in [6, 6.07) is 6.48. The number of carbonyl (C=O) groups excluding carboxylic acids is 1. The van der Waals surface area contributed by atoms with Gasteiger partial charge in [-0.25, -0.2) is 0 Å². The van der Waals surface area contributed by atoms with Crippen molar-refractivity contribution < 1.29 is 4.79 Å². The van der Waals surface area contributed by atoms with Crippen molar-refractivity contribution >= 4 is 18.3 Å². The first kappa shape index (κ1) is 17.3.